The van der Waals surface area contributed by atoms with E-state index in [2.05, 4.69) is 4.99 Å². The molecule has 1 aliphatic heterocycles. The van der Waals surface area contributed by atoms with Crippen LogP contribution < -0.4 is 5.73 Å². The van der Waals surface area contributed by atoms with Crippen LogP contribution in [0.4, 0.5) is 0 Å². The maximum atomic E-state index is 11.2. The third-order valence-corrected chi connectivity index (χ3v) is 2.21. The summed E-state index contributed by atoms with van der Waals surface area (Å²) in [7, 11) is 0. The molecule has 14 heavy (non-hydrogen) atoms. The van der Waals surface area contributed by atoms with Crippen molar-refractivity contribution in [1.29, 1.82) is 0 Å². The summed E-state index contributed by atoms with van der Waals surface area (Å²) in [5.74, 6) is -0.591. The summed E-state index contributed by atoms with van der Waals surface area (Å²) in [5.41, 5.74) is 7.43. The van der Waals surface area contributed by atoms with Crippen molar-refractivity contribution in [3.8, 4) is 0 Å². The topological polar surface area (TPSA) is 75.7 Å². The first kappa shape index (κ1) is 8.90. The minimum atomic E-state index is -0.372. The molecule has 3 N–H and O–H groups in total. The molecule has 0 bridgehead atoms. The van der Waals surface area contributed by atoms with Gasteiger partial charge in [0.15, 0.2) is 5.76 Å². The highest BCUT2D eigenvalue weighted by Crippen LogP contribution is 2.27. The highest BCUT2D eigenvalue weighted by Gasteiger charge is 2.25. The molecule has 0 aromatic rings. The second kappa shape index (κ2) is 3.23. The first-order valence-corrected chi connectivity index (χ1v) is 4.37. The minimum absolute atomic E-state index is 0.219. The molecule has 1 aliphatic carbocycles. The summed E-state index contributed by atoms with van der Waals surface area (Å²) in [6.45, 7) is 0.476. The lowest BCUT2D eigenvalue weighted by atomic mass is 9.94. The molecule has 0 saturated carbocycles. The molecule has 72 valence electrons. The molecule has 0 spiro atoms. The van der Waals surface area contributed by atoms with E-state index in [4.69, 9.17) is 5.73 Å². The molecule has 0 unspecified atom stereocenters. The van der Waals surface area contributed by atoms with Gasteiger partial charge in [0, 0.05) is 6.20 Å². The highest BCUT2D eigenvalue weighted by atomic mass is 16.3. The molecule has 2 aliphatic rings. The number of aliphatic imine (C=N–C) groups is 1. The van der Waals surface area contributed by atoms with E-state index in [1.807, 2.05) is 0 Å². The van der Waals surface area contributed by atoms with Crippen LogP contribution in [0.5, 0.6) is 0 Å². The molecule has 1 heterocycles. The fourth-order valence-electron chi connectivity index (χ4n) is 1.54. The lowest BCUT2D eigenvalue weighted by Gasteiger charge is -2.10. The number of nitrogens with two attached hydrogens (primary N) is 1. The number of aliphatic hydroxyl groups is 1. The van der Waals surface area contributed by atoms with Gasteiger partial charge >= 0.3 is 0 Å². The predicted molar refractivity (Wildman–Crippen MR) is 53.0 cm³/mol. The summed E-state index contributed by atoms with van der Waals surface area (Å²) < 4.78 is 0. The van der Waals surface area contributed by atoms with Gasteiger partial charge in [-0.2, -0.15) is 0 Å². The fraction of sp³-hybridized carbons (Fsp3) is 0.200. The Morgan fingerprint density at radius 3 is 2.93 bits per heavy atom. The van der Waals surface area contributed by atoms with Crippen LogP contribution in [0.2, 0.25) is 0 Å². The van der Waals surface area contributed by atoms with Gasteiger partial charge in [0.1, 0.15) is 0 Å². The van der Waals surface area contributed by atoms with E-state index in [0.717, 1.165) is 5.57 Å². The summed E-state index contributed by atoms with van der Waals surface area (Å²) in [6, 6.07) is 0. The van der Waals surface area contributed by atoms with Crippen molar-refractivity contribution >= 4 is 11.5 Å². The predicted octanol–water partition coefficient (Wildman–Crippen LogP) is 0.625. The maximum absolute atomic E-state index is 11.2. The van der Waals surface area contributed by atoms with Crippen molar-refractivity contribution in [3.63, 3.8) is 0 Å². The van der Waals surface area contributed by atoms with E-state index in [-0.39, 0.29) is 11.5 Å². The molecule has 0 aromatic carbocycles. The van der Waals surface area contributed by atoms with Crippen molar-refractivity contribution in [3.05, 3.63) is 35.3 Å². The van der Waals surface area contributed by atoms with E-state index in [1.54, 1.807) is 12.3 Å². The Balaban J connectivity index is 2.41. The molecule has 0 aromatic heterocycles. The number of carbonyl (C=O) groups is 1. The van der Waals surface area contributed by atoms with E-state index in [0.29, 0.717) is 24.3 Å². The van der Waals surface area contributed by atoms with Crippen LogP contribution in [0.25, 0.3) is 0 Å². The minimum Gasteiger partial charge on any atom is -0.504 e. The standard InChI is InChI=1S/C10H10N2O2/c11-4-3-6-5-12-7-1-2-8(13)10(14)9(6)7/h1-2,5,14H,3-4,11H2. The van der Waals surface area contributed by atoms with Crippen molar-refractivity contribution in [2.24, 2.45) is 10.7 Å². The zero-order chi connectivity index (χ0) is 10.1. The Morgan fingerprint density at radius 1 is 1.43 bits per heavy atom. The number of carbonyl (C=O) groups excluding carboxylic acids is 1. The van der Waals surface area contributed by atoms with Crippen LogP contribution in [0.1, 0.15) is 6.42 Å². The largest absolute Gasteiger partial charge is 0.504 e. The van der Waals surface area contributed by atoms with Crippen molar-refractivity contribution in [1.82, 2.24) is 0 Å². The smallest absolute Gasteiger partial charge is 0.220 e. The summed E-state index contributed by atoms with van der Waals surface area (Å²) >= 11 is 0. The molecular formula is C10H10N2O2. The van der Waals surface area contributed by atoms with Gasteiger partial charge in [0.05, 0.1) is 11.3 Å². The molecule has 4 heteroatoms. The van der Waals surface area contributed by atoms with Crippen LogP contribution in [0.3, 0.4) is 0 Å². The maximum Gasteiger partial charge on any atom is 0.220 e. The van der Waals surface area contributed by atoms with Gasteiger partial charge in [-0.05, 0) is 30.7 Å². The Labute approximate surface area is 81.1 Å². The van der Waals surface area contributed by atoms with Crippen LogP contribution >= 0.6 is 0 Å². The molecule has 4 nitrogen and oxygen atoms in total. The Hall–Kier alpha value is -1.68. The lowest BCUT2D eigenvalue weighted by molar-refractivity contribution is -0.113. The van der Waals surface area contributed by atoms with Crippen molar-refractivity contribution in [2.45, 2.75) is 6.42 Å². The van der Waals surface area contributed by atoms with Crippen molar-refractivity contribution in [2.75, 3.05) is 6.54 Å². The number of hydrogen-bond acceptors (Lipinski definition) is 4. The highest BCUT2D eigenvalue weighted by molar-refractivity contribution is 6.24. The van der Waals surface area contributed by atoms with E-state index in [9.17, 15) is 9.90 Å². The van der Waals surface area contributed by atoms with Crippen LogP contribution in [-0.2, 0) is 4.79 Å². The van der Waals surface area contributed by atoms with E-state index in [1.165, 1.54) is 6.08 Å². The molecule has 2 rings (SSSR count). The third kappa shape index (κ3) is 1.20. The molecular weight excluding hydrogens is 180 g/mol. The molecule has 0 atom stereocenters. The normalized spacial score (nSPS) is 19.6. The number of allylic oxidation sites excluding steroid dienone is 3. The summed E-state index contributed by atoms with van der Waals surface area (Å²) in [4.78, 5) is 15.3. The summed E-state index contributed by atoms with van der Waals surface area (Å²) in [5, 5.41) is 9.56. The fourth-order valence-corrected chi connectivity index (χ4v) is 1.54. The zero-order valence-electron chi connectivity index (χ0n) is 7.53. The van der Waals surface area contributed by atoms with Gasteiger partial charge in [-0.1, -0.05) is 0 Å². The number of ketones is 1. The quantitative estimate of drug-likeness (QED) is 0.627. The van der Waals surface area contributed by atoms with Gasteiger partial charge in [-0.25, -0.2) is 0 Å². The number of hydrogen-bond donors (Lipinski definition) is 2. The average molecular weight is 190 g/mol. The van der Waals surface area contributed by atoms with Gasteiger partial charge < -0.3 is 10.8 Å². The lowest BCUT2D eigenvalue weighted by Crippen LogP contribution is -2.14. The Bertz CT molecular complexity index is 414. The van der Waals surface area contributed by atoms with E-state index >= 15 is 0 Å². The zero-order valence-corrected chi connectivity index (χ0v) is 7.53. The number of fused-ring (bicyclic) bond motifs is 1. The van der Waals surface area contributed by atoms with Gasteiger partial charge in [-0.15, -0.1) is 0 Å². The van der Waals surface area contributed by atoms with Crippen LogP contribution in [0, 0.1) is 0 Å². The summed E-state index contributed by atoms with van der Waals surface area (Å²) in [6.07, 6.45) is 5.19. The average Bonchev–Trinajstić information content (AvgIpc) is 2.57. The molecule has 0 amide bonds. The number of nitrogens with zero attached hydrogens (tertiary/aromatic N) is 1. The van der Waals surface area contributed by atoms with Crippen LogP contribution in [-0.4, -0.2) is 23.1 Å². The first-order valence-electron chi connectivity index (χ1n) is 4.37. The Kier molecular flexibility index (Phi) is 2.05. The third-order valence-electron chi connectivity index (χ3n) is 2.21. The van der Waals surface area contributed by atoms with Gasteiger partial charge in [0.2, 0.25) is 5.78 Å². The molecule has 0 radical (unpaired) electrons. The molecule has 0 fully saturated rings. The number of rotatable bonds is 2. The monoisotopic (exact) mass is 190 g/mol. The first-order chi connectivity index (χ1) is 6.74. The van der Waals surface area contributed by atoms with Gasteiger partial charge in [-0.3, -0.25) is 9.79 Å². The Morgan fingerprint density at radius 2 is 2.21 bits per heavy atom. The van der Waals surface area contributed by atoms with E-state index < -0.39 is 0 Å². The molecule has 0 saturated heterocycles. The van der Waals surface area contributed by atoms with Gasteiger partial charge in [0.25, 0.3) is 0 Å². The second-order valence-corrected chi connectivity index (χ2v) is 3.13. The van der Waals surface area contributed by atoms with Crippen LogP contribution in [0.15, 0.2) is 40.2 Å². The second-order valence-electron chi connectivity index (χ2n) is 3.13. The SMILES string of the molecule is NCCC1=CN=C2C=CC(=O)C(O)=C12. The number of aliphatic hydroxyl groups excluding tert-OH is 1. The van der Waals surface area contributed by atoms with Crippen molar-refractivity contribution < 1.29 is 9.90 Å².